The van der Waals surface area contributed by atoms with Crippen molar-refractivity contribution in [3.05, 3.63) is 29.8 Å². The van der Waals surface area contributed by atoms with Gasteiger partial charge in [-0.15, -0.1) is 37.2 Å². The first-order chi connectivity index (χ1) is 9.50. The molecule has 1 heterocycles. The van der Waals surface area contributed by atoms with Crippen LogP contribution in [0.25, 0.3) is 0 Å². The molecule has 0 bridgehead atoms. The van der Waals surface area contributed by atoms with Gasteiger partial charge in [0.05, 0.1) is 0 Å². The molecule has 1 fully saturated rings. The Hall–Kier alpha value is -0.190. The number of likely N-dealkylation sites (N-methyl/N-ethyl adjacent to an activating group) is 1. The molecule has 0 spiro atoms. The first-order valence-corrected chi connectivity index (χ1v) is 7.79. The number of hydrogen-bond donors (Lipinski definition) is 1. The van der Waals surface area contributed by atoms with E-state index in [1.165, 1.54) is 11.3 Å². The number of benzene rings is 1. The van der Waals surface area contributed by atoms with Gasteiger partial charge in [0.2, 0.25) is 0 Å². The van der Waals surface area contributed by atoms with Crippen LogP contribution in [-0.2, 0) is 0 Å². The molecule has 1 aromatic rings. The molecule has 0 radical (unpaired) electrons. The monoisotopic (exact) mass is 383 g/mol. The van der Waals surface area contributed by atoms with Crippen molar-refractivity contribution in [2.24, 2.45) is 0 Å². The fourth-order valence-electron chi connectivity index (χ4n) is 3.08. The molecule has 0 atom stereocenters. The van der Waals surface area contributed by atoms with Crippen LogP contribution in [0, 0.1) is 6.92 Å². The van der Waals surface area contributed by atoms with Crippen LogP contribution in [0.1, 0.15) is 26.3 Å². The summed E-state index contributed by atoms with van der Waals surface area (Å²) < 4.78 is 0. The fourth-order valence-corrected chi connectivity index (χ4v) is 3.08. The maximum atomic E-state index is 3.56. The Kier molecular flexibility index (Phi) is 12.4. The second-order valence-corrected chi connectivity index (χ2v) is 6.52. The first kappa shape index (κ1) is 25.1. The molecule has 1 aromatic carbocycles. The van der Waals surface area contributed by atoms with E-state index in [4.69, 9.17) is 0 Å². The van der Waals surface area contributed by atoms with E-state index in [0.29, 0.717) is 0 Å². The van der Waals surface area contributed by atoms with Crippen molar-refractivity contribution in [3.63, 3.8) is 0 Å². The van der Waals surface area contributed by atoms with Gasteiger partial charge in [0.1, 0.15) is 0 Å². The molecule has 0 aliphatic carbocycles. The summed E-state index contributed by atoms with van der Waals surface area (Å²) in [6.45, 7) is 15.7. The smallest absolute Gasteiger partial charge is 0.0369 e. The van der Waals surface area contributed by atoms with Crippen LogP contribution in [0.2, 0.25) is 0 Å². The summed E-state index contributed by atoms with van der Waals surface area (Å²) in [5.41, 5.74) is 2.93. The molecule has 6 heteroatoms. The molecule has 0 unspecified atom stereocenters. The van der Waals surface area contributed by atoms with E-state index in [1.807, 2.05) is 0 Å². The average Bonchev–Trinajstić information content (AvgIpc) is 2.39. The highest BCUT2D eigenvalue weighted by molar-refractivity contribution is 5.86. The van der Waals surface area contributed by atoms with E-state index in [2.05, 4.69) is 67.1 Å². The lowest BCUT2D eigenvalue weighted by molar-refractivity contribution is 0.193. The maximum Gasteiger partial charge on any atom is 0.0369 e. The Bertz CT molecular complexity index is 433. The van der Waals surface area contributed by atoms with Crippen LogP contribution in [0.4, 0.5) is 5.69 Å². The van der Waals surface area contributed by atoms with Gasteiger partial charge in [-0.1, -0.05) is 19.1 Å². The zero-order chi connectivity index (χ0) is 14.6. The lowest BCUT2D eigenvalue weighted by Gasteiger charge is -2.40. The zero-order valence-corrected chi connectivity index (χ0v) is 17.1. The Balaban J connectivity index is 0. The third kappa shape index (κ3) is 7.95. The quantitative estimate of drug-likeness (QED) is 0.833. The molecule has 1 aliphatic rings. The van der Waals surface area contributed by atoms with E-state index in [1.54, 1.807) is 0 Å². The van der Waals surface area contributed by atoms with Crippen molar-refractivity contribution >= 4 is 42.9 Å². The predicted octanol–water partition coefficient (Wildman–Crippen LogP) is 3.77. The van der Waals surface area contributed by atoms with Gasteiger partial charge < -0.3 is 10.2 Å². The number of piperazine rings is 1. The molecular weight excluding hydrogens is 353 g/mol. The molecule has 1 N–H and O–H groups in total. The molecule has 23 heavy (non-hydrogen) atoms. The molecular formula is C17H32Cl3N3. The highest BCUT2D eigenvalue weighted by atomic mass is 35.5. The topological polar surface area (TPSA) is 18.5 Å². The SMILES string of the molecule is CCNC(C)(C)CN1CCN(c2cccc(C)c2)CC1.Cl.Cl.Cl. The normalized spacial score (nSPS) is 15.2. The van der Waals surface area contributed by atoms with Crippen LogP contribution in [-0.4, -0.2) is 49.7 Å². The van der Waals surface area contributed by atoms with Gasteiger partial charge in [0.25, 0.3) is 0 Å². The van der Waals surface area contributed by atoms with Crippen molar-refractivity contribution in [1.29, 1.82) is 0 Å². The average molecular weight is 385 g/mol. The van der Waals surface area contributed by atoms with Gasteiger partial charge in [-0.25, -0.2) is 0 Å². The van der Waals surface area contributed by atoms with Gasteiger partial charge in [-0.2, -0.15) is 0 Å². The lowest BCUT2D eigenvalue weighted by Crippen LogP contribution is -2.54. The van der Waals surface area contributed by atoms with E-state index in [0.717, 1.165) is 39.3 Å². The van der Waals surface area contributed by atoms with Crippen LogP contribution < -0.4 is 10.2 Å². The number of nitrogens with one attached hydrogen (secondary N) is 1. The summed E-state index contributed by atoms with van der Waals surface area (Å²) in [7, 11) is 0. The van der Waals surface area contributed by atoms with Crippen molar-refractivity contribution in [1.82, 2.24) is 10.2 Å². The van der Waals surface area contributed by atoms with Gasteiger partial charge in [-0.05, 0) is 45.0 Å². The molecule has 1 saturated heterocycles. The molecule has 2 rings (SSSR count). The number of hydrogen-bond acceptors (Lipinski definition) is 3. The minimum atomic E-state index is 0. The number of anilines is 1. The van der Waals surface area contributed by atoms with Crippen molar-refractivity contribution in [3.8, 4) is 0 Å². The van der Waals surface area contributed by atoms with Crippen LogP contribution in [0.15, 0.2) is 24.3 Å². The molecule has 1 aliphatic heterocycles. The third-order valence-electron chi connectivity index (χ3n) is 4.01. The summed E-state index contributed by atoms with van der Waals surface area (Å²) in [5.74, 6) is 0. The van der Waals surface area contributed by atoms with E-state index in [-0.39, 0.29) is 42.8 Å². The highest BCUT2D eigenvalue weighted by Crippen LogP contribution is 2.18. The number of halogens is 3. The minimum absolute atomic E-state index is 0. The zero-order valence-electron chi connectivity index (χ0n) is 14.7. The molecule has 3 nitrogen and oxygen atoms in total. The highest BCUT2D eigenvalue weighted by Gasteiger charge is 2.24. The Morgan fingerprint density at radius 3 is 2.17 bits per heavy atom. The van der Waals surface area contributed by atoms with E-state index >= 15 is 0 Å². The number of nitrogens with zero attached hydrogens (tertiary/aromatic N) is 2. The molecule has 136 valence electrons. The molecule has 0 amide bonds. The number of aryl methyl sites for hydroxylation is 1. The van der Waals surface area contributed by atoms with Gasteiger partial charge >= 0.3 is 0 Å². The first-order valence-electron chi connectivity index (χ1n) is 7.79. The Morgan fingerprint density at radius 1 is 1.04 bits per heavy atom. The summed E-state index contributed by atoms with van der Waals surface area (Å²) >= 11 is 0. The molecule has 0 aromatic heterocycles. The van der Waals surface area contributed by atoms with Crippen LogP contribution >= 0.6 is 37.2 Å². The number of rotatable bonds is 5. The van der Waals surface area contributed by atoms with Crippen LogP contribution in [0.3, 0.4) is 0 Å². The van der Waals surface area contributed by atoms with E-state index < -0.39 is 0 Å². The van der Waals surface area contributed by atoms with Crippen LogP contribution in [0.5, 0.6) is 0 Å². The standard InChI is InChI=1S/C17H29N3.3ClH/c1-5-18-17(3,4)14-19-9-11-20(12-10-19)16-8-6-7-15(2)13-16;;;/h6-8,13,18H,5,9-12,14H2,1-4H3;3*1H. The van der Waals surface area contributed by atoms with E-state index in [9.17, 15) is 0 Å². The fraction of sp³-hybridized carbons (Fsp3) is 0.647. The Labute approximate surface area is 160 Å². The largest absolute Gasteiger partial charge is 0.369 e. The predicted molar refractivity (Wildman–Crippen MR) is 109 cm³/mol. The minimum Gasteiger partial charge on any atom is -0.369 e. The molecule has 0 saturated carbocycles. The van der Waals surface area contributed by atoms with Gasteiger partial charge in [-0.3, -0.25) is 4.90 Å². The summed E-state index contributed by atoms with van der Waals surface area (Å²) in [6, 6.07) is 8.84. The van der Waals surface area contributed by atoms with Gasteiger partial charge in [0, 0.05) is 44.0 Å². The second-order valence-electron chi connectivity index (χ2n) is 6.52. The maximum absolute atomic E-state index is 3.56. The lowest BCUT2D eigenvalue weighted by atomic mass is 10.0. The van der Waals surface area contributed by atoms with Crippen molar-refractivity contribution < 1.29 is 0 Å². The second kappa shape index (κ2) is 11.4. The third-order valence-corrected chi connectivity index (χ3v) is 4.01. The Morgan fingerprint density at radius 2 is 1.65 bits per heavy atom. The van der Waals surface area contributed by atoms with Crippen molar-refractivity contribution in [2.45, 2.75) is 33.2 Å². The summed E-state index contributed by atoms with van der Waals surface area (Å²) in [4.78, 5) is 5.08. The summed E-state index contributed by atoms with van der Waals surface area (Å²) in [5, 5.41) is 3.56. The van der Waals surface area contributed by atoms with Gasteiger partial charge in [0.15, 0.2) is 0 Å². The van der Waals surface area contributed by atoms with Crippen molar-refractivity contribution in [2.75, 3.05) is 44.2 Å². The summed E-state index contributed by atoms with van der Waals surface area (Å²) in [6.07, 6.45) is 0.